The number of amides is 1. The molecule has 0 saturated carbocycles. The molecule has 0 unspecified atom stereocenters. The number of ketones is 1. The van der Waals surface area contributed by atoms with Crippen LogP contribution in [0.4, 0.5) is 0 Å². The van der Waals surface area contributed by atoms with E-state index in [2.05, 4.69) is 4.72 Å². The van der Waals surface area contributed by atoms with Crippen molar-refractivity contribution in [1.82, 2.24) is 9.62 Å². The summed E-state index contributed by atoms with van der Waals surface area (Å²) in [6, 6.07) is 7.33. The standard InChI is InChI=1S/C18H20N2O5S/c1-13(21)14-3-2-4-17(11-14)26(23,24)19-16-5-8-20(9-6-16)18(22)15-7-10-25-12-15/h2-4,7,10-12,16,19H,5-6,8-9H2,1H3. The summed E-state index contributed by atoms with van der Waals surface area (Å²) in [5.41, 5.74) is 0.846. The molecule has 1 N–H and O–H groups in total. The number of hydrogen-bond donors (Lipinski definition) is 1. The van der Waals surface area contributed by atoms with Crippen LogP contribution in [0.15, 0.2) is 52.2 Å². The smallest absolute Gasteiger partial charge is 0.257 e. The number of furan rings is 1. The average Bonchev–Trinajstić information content (AvgIpc) is 3.16. The summed E-state index contributed by atoms with van der Waals surface area (Å²) in [5, 5.41) is 0. The van der Waals surface area contributed by atoms with E-state index in [1.807, 2.05) is 0 Å². The molecule has 3 rings (SSSR count). The van der Waals surface area contributed by atoms with Gasteiger partial charge in [-0.15, -0.1) is 0 Å². The average molecular weight is 376 g/mol. The first kappa shape index (κ1) is 18.3. The molecule has 1 aliphatic heterocycles. The monoisotopic (exact) mass is 376 g/mol. The van der Waals surface area contributed by atoms with Crippen LogP contribution in [-0.4, -0.2) is 44.1 Å². The van der Waals surface area contributed by atoms with E-state index in [9.17, 15) is 18.0 Å². The lowest BCUT2D eigenvalue weighted by Gasteiger charge is -2.32. The number of hydrogen-bond acceptors (Lipinski definition) is 5. The molecule has 7 nitrogen and oxygen atoms in total. The minimum atomic E-state index is -3.72. The van der Waals surface area contributed by atoms with Gasteiger partial charge in [0.15, 0.2) is 5.78 Å². The van der Waals surface area contributed by atoms with E-state index in [-0.39, 0.29) is 22.6 Å². The van der Waals surface area contributed by atoms with Crippen LogP contribution in [0.2, 0.25) is 0 Å². The maximum atomic E-state index is 12.6. The minimum absolute atomic E-state index is 0.0714. The van der Waals surface area contributed by atoms with Gasteiger partial charge in [0.1, 0.15) is 6.26 Å². The van der Waals surface area contributed by atoms with E-state index in [1.54, 1.807) is 23.1 Å². The van der Waals surface area contributed by atoms with Crippen molar-refractivity contribution >= 4 is 21.7 Å². The van der Waals surface area contributed by atoms with E-state index in [1.165, 1.54) is 31.6 Å². The van der Waals surface area contributed by atoms with Crippen molar-refractivity contribution in [1.29, 1.82) is 0 Å². The van der Waals surface area contributed by atoms with Crippen LogP contribution in [0, 0.1) is 0 Å². The Hall–Kier alpha value is -2.45. The Bertz CT molecular complexity index is 897. The third-order valence-electron chi connectivity index (χ3n) is 4.42. The van der Waals surface area contributed by atoms with Crippen molar-refractivity contribution in [3.05, 3.63) is 54.0 Å². The largest absolute Gasteiger partial charge is 0.472 e. The summed E-state index contributed by atoms with van der Waals surface area (Å²) in [4.78, 5) is 25.5. The Morgan fingerprint density at radius 2 is 1.88 bits per heavy atom. The van der Waals surface area contributed by atoms with Crippen molar-refractivity contribution in [3.8, 4) is 0 Å². The topological polar surface area (TPSA) is 96.7 Å². The molecule has 0 bridgehead atoms. The predicted octanol–water partition coefficient (Wildman–Crippen LogP) is 2.07. The van der Waals surface area contributed by atoms with Gasteiger partial charge >= 0.3 is 0 Å². The Morgan fingerprint density at radius 1 is 1.15 bits per heavy atom. The minimum Gasteiger partial charge on any atom is -0.472 e. The number of nitrogens with zero attached hydrogens (tertiary/aromatic N) is 1. The number of benzene rings is 1. The molecular weight excluding hydrogens is 356 g/mol. The summed E-state index contributed by atoms with van der Waals surface area (Å²) < 4.78 is 32.7. The van der Waals surface area contributed by atoms with Gasteiger partial charge in [-0.2, -0.15) is 0 Å². The molecule has 0 spiro atoms. The number of nitrogens with one attached hydrogen (secondary N) is 1. The van der Waals surface area contributed by atoms with Crippen LogP contribution < -0.4 is 4.72 Å². The molecule has 1 aromatic heterocycles. The van der Waals surface area contributed by atoms with Crippen LogP contribution in [0.5, 0.6) is 0 Å². The lowest BCUT2D eigenvalue weighted by molar-refractivity contribution is 0.0710. The zero-order chi connectivity index (χ0) is 18.7. The Morgan fingerprint density at radius 3 is 2.50 bits per heavy atom. The summed E-state index contributed by atoms with van der Waals surface area (Å²) in [6.07, 6.45) is 3.90. The first-order valence-corrected chi connectivity index (χ1v) is 9.80. The van der Waals surface area contributed by atoms with Gasteiger partial charge in [-0.05, 0) is 38.0 Å². The predicted molar refractivity (Wildman–Crippen MR) is 94.4 cm³/mol. The second kappa shape index (κ2) is 7.43. The highest BCUT2D eigenvalue weighted by atomic mass is 32.2. The highest BCUT2D eigenvalue weighted by Gasteiger charge is 2.27. The highest BCUT2D eigenvalue weighted by Crippen LogP contribution is 2.18. The lowest BCUT2D eigenvalue weighted by atomic mass is 10.1. The Kier molecular flexibility index (Phi) is 5.24. The van der Waals surface area contributed by atoms with Gasteiger partial charge in [0.25, 0.3) is 5.91 Å². The fourth-order valence-corrected chi connectivity index (χ4v) is 4.29. The number of likely N-dealkylation sites (tertiary alicyclic amines) is 1. The number of carbonyl (C=O) groups excluding carboxylic acids is 2. The van der Waals surface area contributed by atoms with Crippen molar-refractivity contribution in [3.63, 3.8) is 0 Å². The first-order valence-electron chi connectivity index (χ1n) is 8.31. The van der Waals surface area contributed by atoms with Gasteiger partial charge in [-0.25, -0.2) is 13.1 Å². The molecule has 26 heavy (non-hydrogen) atoms. The summed E-state index contributed by atoms with van der Waals surface area (Å²) in [5.74, 6) is -0.303. The fourth-order valence-electron chi connectivity index (χ4n) is 2.94. The summed E-state index contributed by atoms with van der Waals surface area (Å²) >= 11 is 0. The zero-order valence-electron chi connectivity index (χ0n) is 14.3. The quantitative estimate of drug-likeness (QED) is 0.806. The van der Waals surface area contributed by atoms with Crippen molar-refractivity contribution in [2.24, 2.45) is 0 Å². The normalized spacial score (nSPS) is 15.8. The Labute approximate surface area is 152 Å². The molecule has 1 aliphatic rings. The lowest BCUT2D eigenvalue weighted by Crippen LogP contribution is -2.46. The van der Waals surface area contributed by atoms with Crippen LogP contribution >= 0.6 is 0 Å². The molecule has 0 radical (unpaired) electrons. The third kappa shape index (κ3) is 4.03. The van der Waals surface area contributed by atoms with Gasteiger partial charge in [-0.1, -0.05) is 12.1 Å². The number of rotatable bonds is 5. The molecule has 2 aromatic rings. The van der Waals surface area contributed by atoms with E-state index in [0.29, 0.717) is 37.1 Å². The molecular formula is C18H20N2O5S. The fraction of sp³-hybridized carbons (Fsp3) is 0.333. The maximum Gasteiger partial charge on any atom is 0.257 e. The van der Waals surface area contributed by atoms with Crippen LogP contribution in [0.1, 0.15) is 40.5 Å². The van der Waals surface area contributed by atoms with Crippen molar-refractivity contribution in [2.45, 2.75) is 30.7 Å². The molecule has 0 atom stereocenters. The van der Waals surface area contributed by atoms with Gasteiger partial charge in [-0.3, -0.25) is 9.59 Å². The third-order valence-corrected chi connectivity index (χ3v) is 5.94. The van der Waals surface area contributed by atoms with Crippen LogP contribution in [0.25, 0.3) is 0 Å². The van der Waals surface area contributed by atoms with Crippen LogP contribution in [0.3, 0.4) is 0 Å². The number of sulfonamides is 1. The van der Waals surface area contributed by atoms with Crippen LogP contribution in [-0.2, 0) is 10.0 Å². The molecule has 0 aliphatic carbocycles. The molecule has 8 heteroatoms. The van der Waals surface area contributed by atoms with E-state index < -0.39 is 10.0 Å². The highest BCUT2D eigenvalue weighted by molar-refractivity contribution is 7.89. The second-order valence-electron chi connectivity index (χ2n) is 6.28. The maximum absolute atomic E-state index is 12.6. The Balaban J connectivity index is 1.62. The second-order valence-corrected chi connectivity index (χ2v) is 8.00. The van der Waals surface area contributed by atoms with E-state index in [4.69, 9.17) is 4.42 Å². The number of piperidine rings is 1. The molecule has 1 amide bonds. The molecule has 1 saturated heterocycles. The molecule has 2 heterocycles. The zero-order valence-corrected chi connectivity index (χ0v) is 15.2. The van der Waals surface area contributed by atoms with Gasteiger partial charge in [0.2, 0.25) is 10.0 Å². The van der Waals surface area contributed by atoms with Gasteiger partial charge in [0.05, 0.1) is 16.7 Å². The van der Waals surface area contributed by atoms with Gasteiger partial charge < -0.3 is 9.32 Å². The van der Waals surface area contributed by atoms with E-state index >= 15 is 0 Å². The van der Waals surface area contributed by atoms with Crippen molar-refractivity contribution < 1.29 is 22.4 Å². The summed E-state index contributed by atoms with van der Waals surface area (Å²) in [7, 11) is -3.72. The number of Topliss-reactive ketones (excluding diaryl/α,β-unsaturated/α-hetero) is 1. The SMILES string of the molecule is CC(=O)c1cccc(S(=O)(=O)NC2CCN(C(=O)c3ccoc3)CC2)c1. The van der Waals surface area contributed by atoms with Gasteiger partial charge in [0, 0.05) is 24.7 Å². The first-order chi connectivity index (χ1) is 12.4. The summed E-state index contributed by atoms with van der Waals surface area (Å²) in [6.45, 7) is 2.32. The molecule has 138 valence electrons. The number of carbonyl (C=O) groups is 2. The molecule has 1 fully saturated rings. The van der Waals surface area contributed by atoms with Crippen molar-refractivity contribution in [2.75, 3.05) is 13.1 Å². The molecule has 1 aromatic carbocycles. The van der Waals surface area contributed by atoms with E-state index in [0.717, 1.165) is 0 Å².